The predicted molar refractivity (Wildman–Crippen MR) is 568 cm³/mol. The van der Waals surface area contributed by atoms with Crippen molar-refractivity contribution in [3.8, 4) is 101 Å². The van der Waals surface area contributed by atoms with Crippen molar-refractivity contribution in [3.63, 3.8) is 0 Å². The summed E-state index contributed by atoms with van der Waals surface area (Å²) >= 11 is 9.86. The van der Waals surface area contributed by atoms with Gasteiger partial charge in [0, 0.05) is 87.1 Å². The van der Waals surface area contributed by atoms with Gasteiger partial charge >= 0.3 is 28.2 Å². The summed E-state index contributed by atoms with van der Waals surface area (Å²) in [4.78, 5) is 28.8. The summed E-state index contributed by atoms with van der Waals surface area (Å²) in [6.07, 6.45) is 0. The molecule has 0 spiro atoms. The molecule has 14 aromatic carbocycles. The molecule has 1 fully saturated rings. The molecule has 26 aromatic rings. The average Bonchev–Trinajstić information content (AvgIpc) is 1.51. The zero-order valence-corrected chi connectivity index (χ0v) is 82.1. The van der Waals surface area contributed by atoms with E-state index < -0.39 is 7.12 Å². The molecule has 12 aromatic heterocycles. The maximum Gasteiger partial charge on any atom is 2.00 e. The van der Waals surface area contributed by atoms with Crippen molar-refractivity contribution in [2.75, 3.05) is 0 Å². The monoisotopic (exact) mass is 2170 g/mol. The molecule has 0 atom stereocenters. The minimum Gasteiger partial charge on any atom is -0.501 e. The largest absolute Gasteiger partial charge is 2.00 e. The van der Waals surface area contributed by atoms with E-state index in [2.05, 4.69) is 237 Å². The summed E-state index contributed by atoms with van der Waals surface area (Å²) in [7, 11) is -0.408. The van der Waals surface area contributed by atoms with Crippen LogP contribution in [0.4, 0.5) is 0 Å². The van der Waals surface area contributed by atoms with Crippen LogP contribution in [0.15, 0.2) is 441 Å². The van der Waals surface area contributed by atoms with Crippen LogP contribution in [0.3, 0.4) is 0 Å². The zero-order valence-electron chi connectivity index (χ0n) is 75.1. The van der Waals surface area contributed by atoms with Gasteiger partial charge in [-0.1, -0.05) is 271 Å². The van der Waals surface area contributed by atoms with E-state index in [0.29, 0.717) is 0 Å². The van der Waals surface area contributed by atoms with Crippen molar-refractivity contribution >= 4 is 192 Å². The van der Waals surface area contributed by atoms with Crippen LogP contribution in [0.2, 0.25) is 0 Å². The van der Waals surface area contributed by atoms with Gasteiger partial charge in [-0.15, -0.1) is 36.4 Å². The third-order valence-electron chi connectivity index (χ3n) is 25.5. The zero-order chi connectivity index (χ0) is 93.1. The van der Waals surface area contributed by atoms with Gasteiger partial charge in [-0.05, 0) is 225 Å². The van der Waals surface area contributed by atoms with E-state index in [1.165, 1.54) is 0 Å². The molecule has 0 bridgehead atoms. The van der Waals surface area contributed by atoms with Gasteiger partial charge in [-0.3, -0.25) is 9.97 Å². The number of aromatic nitrogens is 6. The number of fused-ring (bicyclic) bond motifs is 18. The van der Waals surface area contributed by atoms with Gasteiger partial charge in [0.25, 0.3) is 0 Å². The van der Waals surface area contributed by atoms with Crippen LogP contribution >= 0.6 is 47.8 Å². The van der Waals surface area contributed by atoms with Gasteiger partial charge < -0.3 is 35.8 Å². The first-order valence-corrected chi connectivity index (χ1v) is 47.6. The van der Waals surface area contributed by atoms with Crippen LogP contribution in [0.5, 0.6) is 0 Å². The number of hydrogen-bond acceptors (Lipinski definition) is 14. The first kappa shape index (κ1) is 89.1. The molecule has 670 valence electrons. The van der Waals surface area contributed by atoms with Crippen molar-refractivity contribution in [2.24, 2.45) is 0 Å². The van der Waals surface area contributed by atoms with E-state index in [1.807, 2.05) is 261 Å². The molecule has 13 heterocycles. The number of halogens is 3. The number of rotatable bonds is 10. The minimum atomic E-state index is -0.408. The normalized spacial score (nSPS) is 12.7. The van der Waals surface area contributed by atoms with E-state index in [4.69, 9.17) is 55.7 Å². The molecule has 27 rings (SSSR count). The van der Waals surface area contributed by atoms with Crippen molar-refractivity contribution in [1.29, 1.82) is 0 Å². The molecule has 0 unspecified atom stereocenters. The predicted octanol–water partition coefficient (Wildman–Crippen LogP) is 33.4. The molecule has 0 aliphatic carbocycles. The van der Waals surface area contributed by atoms with Gasteiger partial charge in [0.15, 0.2) is 0 Å². The summed E-state index contributed by atoms with van der Waals surface area (Å²) < 4.78 is 52.1. The van der Waals surface area contributed by atoms with Crippen LogP contribution in [0, 0.1) is 12.1 Å². The Morgan fingerprint density at radius 2 is 0.468 bits per heavy atom. The summed E-state index contributed by atoms with van der Waals surface area (Å²) in [5.41, 5.74) is 27.0. The van der Waals surface area contributed by atoms with Crippen LogP contribution in [0.1, 0.15) is 27.7 Å². The second-order valence-corrected chi connectivity index (χ2v) is 37.0. The summed E-state index contributed by atoms with van der Waals surface area (Å²) in [5.74, 6) is 0. The molecular weight excluding hydrogens is 2100 g/mol. The second kappa shape index (κ2) is 37.8. The molecule has 1 saturated heterocycles. The van der Waals surface area contributed by atoms with Gasteiger partial charge in [0.2, 0.25) is 0 Å². The molecule has 0 saturated carbocycles. The minimum absolute atomic E-state index is 0. The molecule has 1 aliphatic rings. The molecule has 0 radical (unpaired) electrons. The third-order valence-corrected chi connectivity index (χ3v) is 26.8. The molecular formula is C120H78BBr3N6O8Pt. The summed E-state index contributed by atoms with van der Waals surface area (Å²) in [6, 6.07) is 141. The Kier molecular flexibility index (Phi) is 24.2. The van der Waals surface area contributed by atoms with Crippen LogP contribution in [0.25, 0.3) is 233 Å². The summed E-state index contributed by atoms with van der Waals surface area (Å²) in [5, 5.41) is 13.2. The number of para-hydroxylation sites is 10. The number of benzene rings is 14. The van der Waals surface area contributed by atoms with E-state index in [-0.39, 0.29) is 32.3 Å². The van der Waals surface area contributed by atoms with E-state index in [9.17, 15) is 0 Å². The molecule has 0 amide bonds. The SMILES string of the molecule is Brc1cccc(-c2cccc3c2oc2ccccc23)n1.Brc1cccc(Br)n1.CC1(C)OB(c2cccc3c2oc2ccccc23)OC1(C)C.[Pt+2].[c-]1ccc2c(oc3ccccc32)c1-c1cccc(-c2cccc(-c3cccc(-c4[c-]ccc5c4oc4ccccc45)n3)c2)n1.c1cc(-c2cccc(-c3cccc4c3oc3ccccc34)n2)cc(-c2cccc(-c3cccc4c3oc3ccccc34)n2)c1. The number of hydrogen-bond donors (Lipinski definition) is 0. The average molecular weight is 2180 g/mol. The number of pyridine rings is 6. The summed E-state index contributed by atoms with van der Waals surface area (Å²) in [6.45, 7) is 8.25. The maximum atomic E-state index is 6.30. The van der Waals surface area contributed by atoms with E-state index >= 15 is 0 Å². The Hall–Kier alpha value is -15.1. The van der Waals surface area contributed by atoms with Crippen LogP contribution < -0.4 is 5.46 Å². The fourth-order valence-electron chi connectivity index (χ4n) is 18.1. The van der Waals surface area contributed by atoms with Crippen LogP contribution in [-0.2, 0) is 30.4 Å². The van der Waals surface area contributed by atoms with Crippen molar-refractivity contribution in [2.45, 2.75) is 38.9 Å². The smallest absolute Gasteiger partial charge is 0.501 e. The third kappa shape index (κ3) is 17.3. The first-order valence-electron chi connectivity index (χ1n) is 45.2. The van der Waals surface area contributed by atoms with Crippen LogP contribution in [-0.4, -0.2) is 48.2 Å². The van der Waals surface area contributed by atoms with E-state index in [1.54, 1.807) is 0 Å². The topological polar surface area (TPSA) is 175 Å². The molecule has 139 heavy (non-hydrogen) atoms. The van der Waals surface area contributed by atoms with Gasteiger partial charge in [-0.25, -0.2) is 19.9 Å². The van der Waals surface area contributed by atoms with Crippen molar-refractivity contribution in [1.82, 2.24) is 29.9 Å². The molecule has 19 heteroatoms. The van der Waals surface area contributed by atoms with E-state index in [0.717, 1.165) is 252 Å². The standard InChI is InChI=1S/C40H24N2O2.C40H22N2O2.C18H19BO3.C17H10BrNO.C5H3Br2N.Pt/c2*1-3-22-37-27(12-1)29-14-6-16-31(39(29)43-37)35-20-8-18-33(41-35)25-10-5-11-26(24-25)34-19-9-21-36(42-34)32-17-7-15-30-28-13-2-4-23-38(28)44-40(30)32;1-17(2)18(3,4)22-19(21-17)14-10-7-9-13-12-8-5-6-11-15(12)20-16(13)14;18-16-10-4-8-14(19-16)13-7-3-6-12-11-5-1-2-9-15(11)20-17(12)13;6-4-2-1-3-5(7)8-4;/h1-24H;1-15,18-24H;5-11H,1-4H3;1-10H;1-3H;/q;-2;;;;+2. The second-order valence-electron chi connectivity index (χ2n) is 34.6. The van der Waals surface area contributed by atoms with Crippen molar-refractivity contribution < 1.29 is 56.9 Å². The van der Waals surface area contributed by atoms with Gasteiger partial charge in [0.05, 0.1) is 62.2 Å². The Bertz CT molecular complexity index is 8470. The fraction of sp³-hybridized carbons (Fsp3) is 0.0500. The van der Waals surface area contributed by atoms with Gasteiger partial charge in [0.1, 0.15) is 69.6 Å². The molecule has 0 N–H and O–H groups in total. The fourth-order valence-corrected chi connectivity index (χ4v) is 19.4. The van der Waals surface area contributed by atoms with Gasteiger partial charge in [-0.2, -0.15) is 0 Å². The number of nitrogens with zero attached hydrogens (tertiary/aromatic N) is 6. The number of furan rings is 6. The Labute approximate surface area is 838 Å². The maximum absolute atomic E-state index is 6.30. The Balaban J connectivity index is 0.000000109. The molecule has 1 aliphatic heterocycles. The first-order chi connectivity index (χ1) is 67.6. The Morgan fingerprint density at radius 3 is 0.806 bits per heavy atom. The molecule has 14 nitrogen and oxygen atoms in total. The quantitative estimate of drug-likeness (QED) is 0.0718. The Morgan fingerprint density at radius 1 is 0.223 bits per heavy atom. The van der Waals surface area contributed by atoms with Crippen molar-refractivity contribution in [3.05, 3.63) is 426 Å².